The van der Waals surface area contributed by atoms with Crippen LogP contribution in [0.15, 0.2) is 91.0 Å². The van der Waals surface area contributed by atoms with Gasteiger partial charge in [-0.1, -0.05) is 117 Å². The number of halogens is 3. The summed E-state index contributed by atoms with van der Waals surface area (Å²) in [6.07, 6.45) is -0.155. The van der Waals surface area contributed by atoms with Gasteiger partial charge in [-0.05, 0) is 63.4 Å². The van der Waals surface area contributed by atoms with Crippen molar-refractivity contribution < 1.29 is 23.8 Å². The highest BCUT2D eigenvalue weighted by Crippen LogP contribution is 2.53. The number of alkyl carbamates (subject to hydrolysis) is 1. The van der Waals surface area contributed by atoms with Gasteiger partial charge >= 0.3 is 12.1 Å². The van der Waals surface area contributed by atoms with E-state index in [1.165, 1.54) is 6.07 Å². The first-order valence-corrected chi connectivity index (χ1v) is 16.5. The summed E-state index contributed by atoms with van der Waals surface area (Å²) in [4.78, 5) is 28.2. The van der Waals surface area contributed by atoms with Crippen LogP contribution in [0.2, 0.25) is 10.0 Å². The maximum Gasteiger partial charge on any atom is 0.408 e. The molecule has 0 bridgehead atoms. The lowest BCUT2D eigenvalue weighted by Crippen LogP contribution is -2.49. The number of aliphatic carboxylic acids is 1. The molecule has 9 heteroatoms. The molecule has 1 heterocycles. The second-order valence-electron chi connectivity index (χ2n) is 13.5. The zero-order valence-corrected chi connectivity index (χ0v) is 27.9. The number of ether oxygens (including phenoxy) is 1. The Morgan fingerprint density at radius 1 is 0.851 bits per heavy atom. The third-order valence-electron chi connectivity index (χ3n) is 9.33. The minimum atomic E-state index is -1.13. The molecule has 2 aliphatic rings. The molecular weight excluding hydrogens is 638 g/mol. The molecule has 6 rings (SSSR count). The van der Waals surface area contributed by atoms with Crippen LogP contribution in [0, 0.1) is 11.2 Å². The number of carboxylic acid groups (broad SMARTS) is 1. The molecule has 2 N–H and O–H groups in total. The topological polar surface area (TPSA) is 78.9 Å². The van der Waals surface area contributed by atoms with E-state index in [-0.39, 0.29) is 29.6 Å². The van der Waals surface area contributed by atoms with Gasteiger partial charge in [-0.15, -0.1) is 0 Å². The van der Waals surface area contributed by atoms with E-state index in [2.05, 4.69) is 38.2 Å². The molecular formula is C38H37Cl2FN2O4. The summed E-state index contributed by atoms with van der Waals surface area (Å²) in [7, 11) is 0. The van der Waals surface area contributed by atoms with Gasteiger partial charge in [0.1, 0.15) is 18.5 Å². The van der Waals surface area contributed by atoms with Crippen LogP contribution in [0.1, 0.15) is 67.2 Å². The maximum atomic E-state index is 15.8. The van der Waals surface area contributed by atoms with Crippen LogP contribution in [-0.2, 0) is 9.53 Å². The van der Waals surface area contributed by atoms with Crippen LogP contribution in [0.3, 0.4) is 0 Å². The Bertz CT molecular complexity index is 1760. The number of carbonyl (C=O) groups excluding carboxylic acids is 1. The Balaban J connectivity index is 1.31. The zero-order chi connectivity index (χ0) is 33.5. The predicted molar refractivity (Wildman–Crippen MR) is 183 cm³/mol. The summed E-state index contributed by atoms with van der Waals surface area (Å²) >= 11 is 12.9. The van der Waals surface area contributed by atoms with E-state index < -0.39 is 41.8 Å². The Labute approximate surface area is 284 Å². The van der Waals surface area contributed by atoms with E-state index >= 15 is 4.39 Å². The van der Waals surface area contributed by atoms with Crippen molar-refractivity contribution >= 4 is 35.3 Å². The van der Waals surface area contributed by atoms with Crippen LogP contribution >= 0.6 is 23.2 Å². The van der Waals surface area contributed by atoms with E-state index in [0.29, 0.717) is 22.6 Å². The second-order valence-corrected chi connectivity index (χ2v) is 14.4. The van der Waals surface area contributed by atoms with Crippen molar-refractivity contribution in [2.24, 2.45) is 5.41 Å². The van der Waals surface area contributed by atoms with Gasteiger partial charge < -0.3 is 15.2 Å². The fraction of sp³-hybridized carbons (Fsp3) is 0.316. The number of benzene rings is 4. The van der Waals surface area contributed by atoms with Gasteiger partial charge in [0.15, 0.2) is 0 Å². The van der Waals surface area contributed by atoms with Gasteiger partial charge in [-0.25, -0.2) is 9.18 Å². The summed E-state index contributed by atoms with van der Waals surface area (Å²) in [6, 6.07) is 26.1. The van der Waals surface area contributed by atoms with Crippen molar-refractivity contribution in [3.05, 3.63) is 129 Å². The van der Waals surface area contributed by atoms with Gasteiger partial charge in [0, 0.05) is 33.8 Å². The number of fused-ring (bicyclic) bond motifs is 3. The van der Waals surface area contributed by atoms with E-state index in [0.717, 1.165) is 22.3 Å². The molecule has 6 nitrogen and oxygen atoms in total. The van der Waals surface area contributed by atoms with E-state index in [1.807, 2.05) is 36.4 Å². The third kappa shape index (κ3) is 6.62. The molecule has 1 fully saturated rings. The van der Waals surface area contributed by atoms with Gasteiger partial charge in [-0.3, -0.25) is 9.69 Å². The molecule has 4 atom stereocenters. The van der Waals surface area contributed by atoms with Crippen molar-refractivity contribution in [1.82, 2.24) is 10.2 Å². The molecule has 1 amide bonds. The van der Waals surface area contributed by atoms with Crippen LogP contribution in [0.4, 0.5) is 9.18 Å². The SMILES string of the molecule is CC(C)(C)CC1C(c2ccc(Cl)cc2F)C(c2ccccc2Cl)C(C(=O)O)N1CNC(=O)OCC1c2ccccc2-c2ccccc21. The number of hydrogen-bond acceptors (Lipinski definition) is 4. The number of carboxylic acids is 1. The standard InChI is InChI=1S/C38H37Cl2FN2O4/c1-38(2,3)19-32-33(28-17-16-22(39)18-31(28)41)34(27-14-8-9-15-30(27)40)35(36(44)45)43(32)21-42-37(46)47-20-29-25-12-6-4-10-23(25)24-11-5-7-13-26(24)29/h4-18,29,32-35H,19-21H2,1-3H3,(H,42,46)(H,44,45). The number of nitrogens with zero attached hydrogens (tertiary/aromatic N) is 1. The van der Waals surface area contributed by atoms with Crippen LogP contribution in [0.5, 0.6) is 0 Å². The molecule has 1 saturated heterocycles. The lowest BCUT2D eigenvalue weighted by molar-refractivity contribution is -0.143. The minimum absolute atomic E-state index is 0.120. The Morgan fingerprint density at radius 3 is 2.02 bits per heavy atom. The first kappa shape index (κ1) is 33.0. The lowest BCUT2D eigenvalue weighted by atomic mass is 9.74. The quantitative estimate of drug-likeness (QED) is 0.195. The fourth-order valence-corrected chi connectivity index (χ4v) is 7.94. The summed E-state index contributed by atoms with van der Waals surface area (Å²) in [5, 5.41) is 14.2. The fourth-order valence-electron chi connectivity index (χ4n) is 7.52. The smallest absolute Gasteiger partial charge is 0.408 e. The largest absolute Gasteiger partial charge is 0.480 e. The van der Waals surface area contributed by atoms with Gasteiger partial charge in [0.2, 0.25) is 0 Å². The van der Waals surface area contributed by atoms with E-state index in [4.69, 9.17) is 27.9 Å². The number of rotatable bonds is 8. The molecule has 1 aliphatic carbocycles. The number of hydrogen-bond donors (Lipinski definition) is 2. The molecule has 4 aromatic carbocycles. The van der Waals surface area contributed by atoms with Gasteiger partial charge in [-0.2, -0.15) is 0 Å². The number of carbonyl (C=O) groups is 2. The average molecular weight is 676 g/mol. The molecule has 0 spiro atoms. The molecule has 1 aliphatic heterocycles. The summed E-state index contributed by atoms with van der Waals surface area (Å²) in [6.45, 7) is 6.16. The van der Waals surface area contributed by atoms with Gasteiger partial charge in [0.25, 0.3) is 0 Å². The molecule has 0 saturated carbocycles. The van der Waals surface area contributed by atoms with Crippen molar-refractivity contribution in [2.75, 3.05) is 13.3 Å². The first-order chi connectivity index (χ1) is 22.4. The first-order valence-electron chi connectivity index (χ1n) is 15.7. The average Bonchev–Trinajstić information content (AvgIpc) is 3.51. The molecule has 0 radical (unpaired) electrons. The predicted octanol–water partition coefficient (Wildman–Crippen LogP) is 9.07. The molecule has 4 aromatic rings. The summed E-state index contributed by atoms with van der Waals surface area (Å²) < 4.78 is 21.5. The minimum Gasteiger partial charge on any atom is -0.480 e. The van der Waals surface area contributed by atoms with Gasteiger partial charge in [0.05, 0.1) is 6.67 Å². The Morgan fingerprint density at radius 2 is 1.45 bits per heavy atom. The maximum absolute atomic E-state index is 15.8. The van der Waals surface area contributed by atoms with Crippen molar-refractivity contribution in [3.63, 3.8) is 0 Å². The second kappa shape index (κ2) is 13.3. The van der Waals surface area contributed by atoms with Crippen molar-refractivity contribution in [3.8, 4) is 11.1 Å². The Kier molecular flexibility index (Phi) is 9.34. The van der Waals surface area contributed by atoms with Crippen molar-refractivity contribution in [2.45, 2.75) is 57.0 Å². The number of amides is 1. The lowest BCUT2D eigenvalue weighted by Gasteiger charge is -2.35. The van der Waals surface area contributed by atoms with Crippen LogP contribution < -0.4 is 5.32 Å². The number of nitrogens with one attached hydrogen (secondary N) is 1. The Hall–Kier alpha value is -3.91. The highest BCUT2D eigenvalue weighted by atomic mass is 35.5. The monoisotopic (exact) mass is 674 g/mol. The highest BCUT2D eigenvalue weighted by molar-refractivity contribution is 6.31. The molecule has 4 unspecified atom stereocenters. The highest BCUT2D eigenvalue weighted by Gasteiger charge is 2.54. The number of likely N-dealkylation sites (tertiary alicyclic amines) is 1. The van der Waals surface area contributed by atoms with E-state index in [9.17, 15) is 14.7 Å². The van der Waals surface area contributed by atoms with Crippen LogP contribution in [0.25, 0.3) is 11.1 Å². The zero-order valence-electron chi connectivity index (χ0n) is 26.4. The van der Waals surface area contributed by atoms with E-state index in [1.54, 1.807) is 41.3 Å². The summed E-state index contributed by atoms with van der Waals surface area (Å²) in [5.74, 6) is -3.08. The normalized spacial score (nSPS) is 20.9. The molecule has 47 heavy (non-hydrogen) atoms. The summed E-state index contributed by atoms with van der Waals surface area (Å²) in [5.41, 5.74) is 5.10. The molecule has 0 aromatic heterocycles. The van der Waals surface area contributed by atoms with Crippen LogP contribution in [-0.4, -0.2) is 47.4 Å². The van der Waals surface area contributed by atoms with Crippen molar-refractivity contribution in [1.29, 1.82) is 0 Å². The molecule has 244 valence electrons. The third-order valence-corrected chi connectivity index (χ3v) is 9.91.